The van der Waals surface area contributed by atoms with Gasteiger partial charge >= 0.3 is 0 Å². The molecule has 2 nitrogen and oxygen atoms in total. The van der Waals surface area contributed by atoms with Crippen molar-refractivity contribution in [3.63, 3.8) is 0 Å². The van der Waals surface area contributed by atoms with Gasteiger partial charge in [-0.1, -0.05) is 0 Å². The molecule has 0 aliphatic carbocycles. The summed E-state index contributed by atoms with van der Waals surface area (Å²) in [6.45, 7) is 1.30. The highest BCUT2D eigenvalue weighted by Gasteiger charge is 2.27. The molecule has 1 rings (SSSR count). The van der Waals surface area contributed by atoms with Crippen molar-refractivity contribution < 1.29 is 4.39 Å². The first-order chi connectivity index (χ1) is 4.22. The summed E-state index contributed by atoms with van der Waals surface area (Å²) in [5.74, 6) is 0. The Morgan fingerprint density at radius 3 is 2.33 bits per heavy atom. The highest BCUT2D eigenvalue weighted by molar-refractivity contribution is 4.86. The van der Waals surface area contributed by atoms with Crippen molar-refractivity contribution in [2.45, 2.75) is 12.2 Å². The second kappa shape index (κ2) is 2.62. The van der Waals surface area contributed by atoms with Crippen molar-refractivity contribution in [3.8, 4) is 0 Å². The molecule has 3 heteroatoms. The van der Waals surface area contributed by atoms with Crippen LogP contribution in [0.2, 0.25) is 0 Å². The summed E-state index contributed by atoms with van der Waals surface area (Å²) in [4.78, 5) is 1.92. The summed E-state index contributed by atoms with van der Waals surface area (Å²) >= 11 is 0. The maximum atomic E-state index is 12.7. The number of hydrogen-bond donors (Lipinski definition) is 1. The molecule has 1 saturated heterocycles. The minimum atomic E-state index is -0.681. The number of alkyl halides is 1. The fourth-order valence-electron chi connectivity index (χ4n) is 1.14. The van der Waals surface area contributed by atoms with E-state index in [4.69, 9.17) is 0 Å². The summed E-state index contributed by atoms with van der Waals surface area (Å²) in [5, 5.41) is 2.99. The van der Waals surface area contributed by atoms with Gasteiger partial charge in [-0.15, -0.1) is 0 Å². The molecule has 1 unspecified atom stereocenters. The normalized spacial score (nSPS) is 36.0. The van der Waals surface area contributed by atoms with E-state index >= 15 is 0 Å². The van der Waals surface area contributed by atoms with Gasteiger partial charge in [0, 0.05) is 13.1 Å². The van der Waals surface area contributed by atoms with E-state index in [1.807, 2.05) is 19.0 Å². The van der Waals surface area contributed by atoms with E-state index in [0.717, 1.165) is 6.54 Å². The molecule has 1 aliphatic rings. The third-order valence-electron chi connectivity index (χ3n) is 1.77. The Balaban J connectivity index is 2.40. The van der Waals surface area contributed by atoms with Gasteiger partial charge < -0.3 is 10.2 Å². The standard InChI is InChI=1S/C6H13FN2/c1-9(2)6-4-8-3-5(6)7/h5-6,8H,3-4H2,1-2H3/t5-,6?/m0/s1. The summed E-state index contributed by atoms with van der Waals surface area (Å²) in [7, 11) is 3.81. The number of nitrogens with one attached hydrogen (secondary N) is 1. The van der Waals surface area contributed by atoms with Gasteiger partial charge in [0.2, 0.25) is 0 Å². The average Bonchev–Trinajstić information content (AvgIpc) is 2.13. The van der Waals surface area contributed by atoms with Crippen molar-refractivity contribution in [2.24, 2.45) is 0 Å². The summed E-state index contributed by atoms with van der Waals surface area (Å²) in [6, 6.07) is 0.0880. The highest BCUT2D eigenvalue weighted by atomic mass is 19.1. The molecular weight excluding hydrogens is 119 g/mol. The van der Waals surface area contributed by atoms with Crippen LogP contribution in [0.1, 0.15) is 0 Å². The quantitative estimate of drug-likeness (QED) is 0.534. The Morgan fingerprint density at radius 2 is 2.11 bits per heavy atom. The smallest absolute Gasteiger partial charge is 0.129 e. The van der Waals surface area contributed by atoms with Crippen LogP contribution in [-0.2, 0) is 0 Å². The van der Waals surface area contributed by atoms with Crippen LogP contribution in [0.3, 0.4) is 0 Å². The monoisotopic (exact) mass is 132 g/mol. The summed E-state index contributed by atoms with van der Waals surface area (Å²) in [6.07, 6.45) is -0.681. The van der Waals surface area contributed by atoms with Crippen LogP contribution in [-0.4, -0.2) is 44.3 Å². The molecule has 0 aromatic rings. The van der Waals surface area contributed by atoms with Crippen molar-refractivity contribution in [3.05, 3.63) is 0 Å². The van der Waals surface area contributed by atoms with Gasteiger partial charge in [-0.05, 0) is 14.1 Å². The first-order valence-corrected chi connectivity index (χ1v) is 3.23. The van der Waals surface area contributed by atoms with Gasteiger partial charge in [0.15, 0.2) is 0 Å². The third-order valence-corrected chi connectivity index (χ3v) is 1.77. The lowest BCUT2D eigenvalue weighted by Crippen LogP contribution is -2.35. The first-order valence-electron chi connectivity index (χ1n) is 3.23. The Morgan fingerprint density at radius 1 is 1.44 bits per heavy atom. The van der Waals surface area contributed by atoms with Gasteiger partial charge in [-0.25, -0.2) is 4.39 Å². The zero-order valence-corrected chi connectivity index (χ0v) is 5.89. The first kappa shape index (κ1) is 6.96. The van der Waals surface area contributed by atoms with E-state index in [1.165, 1.54) is 0 Å². The second-order valence-corrected chi connectivity index (χ2v) is 2.71. The number of nitrogens with zero attached hydrogens (tertiary/aromatic N) is 1. The predicted molar refractivity (Wildman–Crippen MR) is 35.2 cm³/mol. The molecular formula is C6H13FN2. The van der Waals surface area contributed by atoms with Crippen molar-refractivity contribution in [1.82, 2.24) is 10.2 Å². The zero-order valence-electron chi connectivity index (χ0n) is 5.89. The van der Waals surface area contributed by atoms with Crippen LogP contribution in [0.4, 0.5) is 4.39 Å². The Hall–Kier alpha value is -0.150. The molecule has 2 atom stereocenters. The largest absolute Gasteiger partial charge is 0.312 e. The number of likely N-dealkylation sites (N-methyl/N-ethyl adjacent to an activating group) is 1. The Kier molecular flexibility index (Phi) is 2.03. The molecule has 1 heterocycles. The molecule has 54 valence electrons. The summed E-state index contributed by atoms with van der Waals surface area (Å²) < 4.78 is 12.7. The summed E-state index contributed by atoms with van der Waals surface area (Å²) in [5.41, 5.74) is 0. The van der Waals surface area contributed by atoms with Crippen LogP contribution in [0, 0.1) is 0 Å². The minimum Gasteiger partial charge on any atom is -0.312 e. The molecule has 0 spiro atoms. The molecule has 0 aromatic heterocycles. The molecule has 1 N–H and O–H groups in total. The number of hydrogen-bond acceptors (Lipinski definition) is 2. The molecule has 0 saturated carbocycles. The molecule has 1 fully saturated rings. The zero-order chi connectivity index (χ0) is 6.85. The average molecular weight is 132 g/mol. The van der Waals surface area contributed by atoms with Gasteiger partial charge in [0.25, 0.3) is 0 Å². The van der Waals surface area contributed by atoms with Crippen LogP contribution >= 0.6 is 0 Å². The van der Waals surface area contributed by atoms with E-state index in [1.54, 1.807) is 0 Å². The molecule has 0 bridgehead atoms. The van der Waals surface area contributed by atoms with Crippen LogP contribution in [0.5, 0.6) is 0 Å². The molecule has 9 heavy (non-hydrogen) atoms. The van der Waals surface area contributed by atoms with E-state index in [-0.39, 0.29) is 6.04 Å². The lowest BCUT2D eigenvalue weighted by molar-refractivity contribution is 0.202. The molecule has 1 aliphatic heterocycles. The fourth-order valence-corrected chi connectivity index (χ4v) is 1.14. The van der Waals surface area contributed by atoms with Gasteiger partial charge in [-0.2, -0.15) is 0 Å². The van der Waals surface area contributed by atoms with Crippen LogP contribution in [0.15, 0.2) is 0 Å². The van der Waals surface area contributed by atoms with Gasteiger partial charge in [0.1, 0.15) is 6.17 Å². The van der Waals surface area contributed by atoms with Crippen molar-refractivity contribution in [2.75, 3.05) is 27.2 Å². The third kappa shape index (κ3) is 1.40. The van der Waals surface area contributed by atoms with E-state index in [0.29, 0.717) is 6.54 Å². The maximum Gasteiger partial charge on any atom is 0.129 e. The predicted octanol–water partition coefficient (Wildman–Crippen LogP) is -0.142. The van der Waals surface area contributed by atoms with Crippen molar-refractivity contribution in [1.29, 1.82) is 0 Å². The number of rotatable bonds is 1. The van der Waals surface area contributed by atoms with Gasteiger partial charge in [-0.3, -0.25) is 0 Å². The maximum absolute atomic E-state index is 12.7. The van der Waals surface area contributed by atoms with Gasteiger partial charge in [0.05, 0.1) is 6.04 Å². The second-order valence-electron chi connectivity index (χ2n) is 2.71. The lowest BCUT2D eigenvalue weighted by atomic mass is 10.2. The Bertz CT molecular complexity index is 95.1. The van der Waals surface area contributed by atoms with E-state index < -0.39 is 6.17 Å². The minimum absolute atomic E-state index is 0.0880. The molecule has 0 amide bonds. The van der Waals surface area contributed by atoms with E-state index in [9.17, 15) is 4.39 Å². The highest BCUT2D eigenvalue weighted by Crippen LogP contribution is 2.08. The molecule has 0 radical (unpaired) electrons. The van der Waals surface area contributed by atoms with E-state index in [2.05, 4.69) is 5.32 Å². The van der Waals surface area contributed by atoms with Crippen LogP contribution in [0.25, 0.3) is 0 Å². The lowest BCUT2D eigenvalue weighted by Gasteiger charge is -2.19. The number of halogens is 1. The fraction of sp³-hybridized carbons (Fsp3) is 1.00. The SMILES string of the molecule is CN(C)C1CNC[C@@H]1F. The molecule has 0 aromatic carbocycles. The topological polar surface area (TPSA) is 15.3 Å². The van der Waals surface area contributed by atoms with Crippen molar-refractivity contribution >= 4 is 0 Å². The Labute approximate surface area is 55.0 Å². The van der Waals surface area contributed by atoms with Crippen LogP contribution < -0.4 is 5.32 Å².